The van der Waals surface area contributed by atoms with Crippen molar-refractivity contribution in [2.45, 2.75) is 26.4 Å². The van der Waals surface area contributed by atoms with E-state index in [2.05, 4.69) is 9.97 Å². The summed E-state index contributed by atoms with van der Waals surface area (Å²) in [4.78, 5) is 17.9. The van der Waals surface area contributed by atoms with Gasteiger partial charge in [0.2, 0.25) is 5.88 Å². The van der Waals surface area contributed by atoms with Gasteiger partial charge in [0.15, 0.2) is 0 Å². The zero-order valence-electron chi connectivity index (χ0n) is 8.58. The largest absolute Gasteiger partial charge is 0.492 e. The molecule has 6 heteroatoms. The molecule has 2 N–H and O–H groups in total. The van der Waals surface area contributed by atoms with Crippen LogP contribution in [0.3, 0.4) is 0 Å². The molecule has 0 aliphatic carbocycles. The normalized spacial score (nSPS) is 12.7. The van der Waals surface area contributed by atoms with Crippen molar-refractivity contribution in [3.8, 4) is 5.88 Å². The molecule has 0 amide bonds. The van der Waals surface area contributed by atoms with Gasteiger partial charge in [0.1, 0.15) is 15.5 Å². The summed E-state index contributed by atoms with van der Waals surface area (Å²) in [5, 5.41) is 9.40. The third-order valence-electron chi connectivity index (χ3n) is 1.91. The van der Waals surface area contributed by atoms with Gasteiger partial charge in [-0.05, 0) is 35.9 Å². The van der Waals surface area contributed by atoms with Crippen LogP contribution in [0.1, 0.15) is 32.2 Å². The fraction of sp³-hybridized carbons (Fsp3) is 0.556. The third-order valence-corrected chi connectivity index (χ3v) is 2.88. The smallest absolute Gasteiger partial charge is 0.268 e. The zero-order valence-corrected chi connectivity index (χ0v) is 10.7. The van der Waals surface area contributed by atoms with Crippen LogP contribution in [0.5, 0.6) is 5.88 Å². The summed E-state index contributed by atoms with van der Waals surface area (Å²) >= 11 is 1.75. The van der Waals surface area contributed by atoms with Crippen LogP contribution in [-0.2, 0) is 4.74 Å². The second-order valence-electron chi connectivity index (χ2n) is 2.94. The summed E-state index contributed by atoms with van der Waals surface area (Å²) in [5.74, 6) is 0.134. The molecule has 1 aromatic rings. The number of nitrogens with one attached hydrogen (secondary N) is 1. The van der Waals surface area contributed by atoms with Gasteiger partial charge in [0.25, 0.3) is 5.56 Å². The first kappa shape index (κ1) is 12.4. The van der Waals surface area contributed by atoms with Crippen molar-refractivity contribution in [1.29, 1.82) is 0 Å². The van der Waals surface area contributed by atoms with Crippen molar-refractivity contribution in [2.24, 2.45) is 0 Å². The molecule has 0 aliphatic rings. The molecule has 1 heterocycles. The molecule has 1 aromatic heterocycles. The average Bonchev–Trinajstić information content (AvgIpc) is 2.22. The molecule has 0 bridgehead atoms. The summed E-state index contributed by atoms with van der Waals surface area (Å²) in [6, 6.07) is 0. The predicted molar refractivity (Wildman–Crippen MR) is 63.9 cm³/mol. The Morgan fingerprint density at radius 1 is 1.60 bits per heavy atom. The maximum absolute atomic E-state index is 11.4. The number of aromatic nitrogens is 2. The monoisotopic (exact) mass is 324 g/mol. The summed E-state index contributed by atoms with van der Waals surface area (Å²) in [5.41, 5.74) is -0.337. The van der Waals surface area contributed by atoms with E-state index in [0.717, 1.165) is 0 Å². The lowest BCUT2D eigenvalue weighted by molar-refractivity contribution is 0.0528. The fourth-order valence-electron chi connectivity index (χ4n) is 1.21. The first-order valence-electron chi connectivity index (χ1n) is 4.70. The average molecular weight is 324 g/mol. The Balaban J connectivity index is 3.09. The fourth-order valence-corrected chi connectivity index (χ4v) is 1.46. The van der Waals surface area contributed by atoms with Gasteiger partial charge in [0, 0.05) is 6.61 Å². The number of ether oxygens (including phenoxy) is 1. The second-order valence-corrected chi connectivity index (χ2v) is 4.02. The molecule has 5 nitrogen and oxygen atoms in total. The second kappa shape index (κ2) is 5.45. The number of aromatic hydroxyl groups is 1. The number of H-pyrrole nitrogens is 1. The first-order chi connectivity index (χ1) is 7.10. The van der Waals surface area contributed by atoms with E-state index in [1.807, 2.05) is 13.8 Å². The number of aromatic amines is 1. The summed E-state index contributed by atoms with van der Waals surface area (Å²) in [6.07, 6.45) is 0.419. The highest BCUT2D eigenvalue weighted by Crippen LogP contribution is 2.19. The van der Waals surface area contributed by atoms with Crippen molar-refractivity contribution < 1.29 is 9.84 Å². The topological polar surface area (TPSA) is 75.2 Å². The Morgan fingerprint density at radius 2 is 2.27 bits per heavy atom. The highest BCUT2D eigenvalue weighted by molar-refractivity contribution is 14.1. The predicted octanol–water partition coefficient (Wildman–Crippen LogP) is 1.57. The molecular formula is C9H13IN2O3. The van der Waals surface area contributed by atoms with Gasteiger partial charge >= 0.3 is 0 Å². The molecule has 0 saturated carbocycles. The van der Waals surface area contributed by atoms with Crippen LogP contribution in [0.2, 0.25) is 0 Å². The van der Waals surface area contributed by atoms with Crippen molar-refractivity contribution in [3.05, 3.63) is 19.7 Å². The highest BCUT2D eigenvalue weighted by atomic mass is 127. The molecule has 84 valence electrons. The van der Waals surface area contributed by atoms with Gasteiger partial charge in [-0.3, -0.25) is 4.79 Å². The molecule has 0 radical (unpaired) electrons. The van der Waals surface area contributed by atoms with Crippen LogP contribution in [-0.4, -0.2) is 21.7 Å². The van der Waals surface area contributed by atoms with Crippen LogP contribution in [0.25, 0.3) is 0 Å². The molecule has 15 heavy (non-hydrogen) atoms. The van der Waals surface area contributed by atoms with E-state index < -0.39 is 0 Å². The molecule has 0 aliphatic heterocycles. The van der Waals surface area contributed by atoms with Crippen LogP contribution in [0.4, 0.5) is 0 Å². The van der Waals surface area contributed by atoms with E-state index in [9.17, 15) is 9.90 Å². The van der Waals surface area contributed by atoms with Gasteiger partial charge in [-0.25, -0.2) is 0 Å². The van der Waals surface area contributed by atoms with E-state index in [1.54, 1.807) is 22.6 Å². The van der Waals surface area contributed by atoms with Gasteiger partial charge in [-0.1, -0.05) is 6.92 Å². The molecule has 0 spiro atoms. The standard InChI is InChI=1S/C9H13IN2O3/c1-3-5(15-4-2)7-11-8(13)6(10)9(14)12-7/h5H,3-4H2,1-2H3,(H2,11,12,13,14). The molecule has 0 saturated heterocycles. The lowest BCUT2D eigenvalue weighted by Crippen LogP contribution is -2.18. The lowest BCUT2D eigenvalue weighted by atomic mass is 10.2. The Kier molecular flexibility index (Phi) is 4.52. The number of halogens is 1. The van der Waals surface area contributed by atoms with Gasteiger partial charge in [-0.2, -0.15) is 4.98 Å². The Bertz CT molecular complexity index is 391. The van der Waals surface area contributed by atoms with E-state index >= 15 is 0 Å². The SMILES string of the molecule is CCOC(CC)c1nc(O)c(I)c(=O)[nH]1. The molecule has 1 rings (SSSR count). The minimum absolute atomic E-state index is 0.197. The summed E-state index contributed by atoms with van der Waals surface area (Å²) in [6.45, 7) is 4.33. The third kappa shape index (κ3) is 2.91. The van der Waals surface area contributed by atoms with Crippen LogP contribution >= 0.6 is 22.6 Å². The van der Waals surface area contributed by atoms with Gasteiger partial charge < -0.3 is 14.8 Å². The van der Waals surface area contributed by atoms with Crippen molar-refractivity contribution in [3.63, 3.8) is 0 Å². The Morgan fingerprint density at radius 3 is 2.73 bits per heavy atom. The van der Waals surface area contributed by atoms with Crippen LogP contribution < -0.4 is 5.56 Å². The Labute approximate surface area is 101 Å². The quantitative estimate of drug-likeness (QED) is 0.825. The lowest BCUT2D eigenvalue weighted by Gasteiger charge is -2.13. The maximum atomic E-state index is 11.4. The molecular weight excluding hydrogens is 311 g/mol. The van der Waals surface area contributed by atoms with Gasteiger partial charge in [-0.15, -0.1) is 0 Å². The molecule has 0 aromatic carbocycles. The number of hydrogen-bond acceptors (Lipinski definition) is 4. The molecule has 1 unspecified atom stereocenters. The summed E-state index contributed by atoms with van der Waals surface area (Å²) < 4.78 is 5.58. The molecule has 0 fully saturated rings. The number of nitrogens with zero attached hydrogens (tertiary/aromatic N) is 1. The zero-order chi connectivity index (χ0) is 11.4. The van der Waals surface area contributed by atoms with E-state index in [0.29, 0.717) is 18.9 Å². The minimum Gasteiger partial charge on any atom is -0.492 e. The molecule has 1 atom stereocenters. The minimum atomic E-state index is -0.337. The Hall–Kier alpha value is -0.630. The first-order valence-corrected chi connectivity index (χ1v) is 5.78. The van der Waals surface area contributed by atoms with Gasteiger partial charge in [0.05, 0.1) is 0 Å². The van der Waals surface area contributed by atoms with Crippen molar-refractivity contribution in [1.82, 2.24) is 9.97 Å². The van der Waals surface area contributed by atoms with E-state index in [-0.39, 0.29) is 21.1 Å². The van der Waals surface area contributed by atoms with Crippen LogP contribution in [0.15, 0.2) is 4.79 Å². The van der Waals surface area contributed by atoms with E-state index in [1.165, 1.54) is 0 Å². The van der Waals surface area contributed by atoms with Crippen molar-refractivity contribution >= 4 is 22.6 Å². The van der Waals surface area contributed by atoms with E-state index in [4.69, 9.17) is 4.74 Å². The van der Waals surface area contributed by atoms with Crippen molar-refractivity contribution in [2.75, 3.05) is 6.61 Å². The van der Waals surface area contributed by atoms with Crippen LogP contribution in [0, 0.1) is 3.57 Å². The summed E-state index contributed by atoms with van der Waals surface area (Å²) in [7, 11) is 0. The number of hydrogen-bond donors (Lipinski definition) is 2. The maximum Gasteiger partial charge on any atom is 0.268 e. The highest BCUT2D eigenvalue weighted by Gasteiger charge is 2.15. The number of rotatable bonds is 4.